The molecule has 0 bridgehead atoms. The van der Waals surface area contributed by atoms with Crippen molar-refractivity contribution in [1.29, 1.82) is 0 Å². The molecule has 0 saturated carbocycles. The van der Waals surface area contributed by atoms with Crippen molar-refractivity contribution >= 4 is 11.7 Å². The fraction of sp³-hybridized carbons (Fsp3) is 0.294. The van der Waals surface area contributed by atoms with Crippen LogP contribution in [0.1, 0.15) is 5.69 Å². The van der Waals surface area contributed by atoms with E-state index in [1.807, 2.05) is 23.1 Å². The van der Waals surface area contributed by atoms with Gasteiger partial charge in [-0.05, 0) is 24.3 Å². The van der Waals surface area contributed by atoms with Crippen LogP contribution in [0.25, 0.3) is 0 Å². The Hall–Kier alpha value is -2.70. The number of aromatic nitrogens is 1. The molecule has 1 aromatic carbocycles. The molecule has 5 nitrogen and oxygen atoms in total. The third kappa shape index (κ3) is 3.79. The highest BCUT2D eigenvalue weighted by atomic mass is 19.2. The monoisotopic (exact) mass is 332 g/mol. The first-order valence-corrected chi connectivity index (χ1v) is 7.76. The Labute approximate surface area is 138 Å². The van der Waals surface area contributed by atoms with E-state index in [-0.39, 0.29) is 6.03 Å². The van der Waals surface area contributed by atoms with Gasteiger partial charge in [0.15, 0.2) is 11.6 Å². The van der Waals surface area contributed by atoms with Crippen LogP contribution in [-0.4, -0.2) is 42.1 Å². The summed E-state index contributed by atoms with van der Waals surface area (Å²) in [5.41, 5.74) is 1.42. The number of urea groups is 1. The molecule has 0 radical (unpaired) electrons. The Kier molecular flexibility index (Phi) is 4.88. The molecule has 1 fully saturated rings. The SMILES string of the molecule is O=C(NCc1ccccn1)N1CCN(c2ccc(F)c(F)c2)CC1. The molecule has 1 saturated heterocycles. The van der Waals surface area contributed by atoms with E-state index in [1.165, 1.54) is 6.07 Å². The Morgan fingerprint density at radius 3 is 2.54 bits per heavy atom. The lowest BCUT2D eigenvalue weighted by molar-refractivity contribution is 0.194. The van der Waals surface area contributed by atoms with E-state index in [4.69, 9.17) is 0 Å². The largest absolute Gasteiger partial charge is 0.368 e. The first-order valence-electron chi connectivity index (χ1n) is 7.76. The number of nitrogens with zero attached hydrogens (tertiary/aromatic N) is 3. The maximum absolute atomic E-state index is 13.3. The number of halogens is 2. The van der Waals surface area contributed by atoms with Crippen molar-refractivity contribution in [2.45, 2.75) is 6.54 Å². The molecular weight excluding hydrogens is 314 g/mol. The van der Waals surface area contributed by atoms with Crippen LogP contribution in [0.3, 0.4) is 0 Å². The quantitative estimate of drug-likeness (QED) is 0.939. The van der Waals surface area contributed by atoms with Crippen molar-refractivity contribution in [2.24, 2.45) is 0 Å². The van der Waals surface area contributed by atoms with Gasteiger partial charge in [-0.15, -0.1) is 0 Å². The van der Waals surface area contributed by atoms with E-state index in [0.29, 0.717) is 38.4 Å². The van der Waals surface area contributed by atoms with Gasteiger partial charge in [-0.25, -0.2) is 13.6 Å². The van der Waals surface area contributed by atoms with Gasteiger partial charge in [0.2, 0.25) is 0 Å². The van der Waals surface area contributed by atoms with Gasteiger partial charge in [-0.3, -0.25) is 4.98 Å². The lowest BCUT2D eigenvalue weighted by Gasteiger charge is -2.36. The summed E-state index contributed by atoms with van der Waals surface area (Å²) < 4.78 is 26.3. The summed E-state index contributed by atoms with van der Waals surface area (Å²) in [7, 11) is 0. The number of benzene rings is 1. The lowest BCUT2D eigenvalue weighted by atomic mass is 10.2. The normalized spacial score (nSPS) is 14.6. The van der Waals surface area contributed by atoms with Crippen LogP contribution < -0.4 is 10.2 Å². The Morgan fingerprint density at radius 2 is 1.88 bits per heavy atom. The van der Waals surface area contributed by atoms with Gasteiger partial charge < -0.3 is 15.1 Å². The molecule has 1 aliphatic rings. The summed E-state index contributed by atoms with van der Waals surface area (Å²) in [6, 6.07) is 9.25. The first-order chi connectivity index (χ1) is 11.6. The minimum Gasteiger partial charge on any atom is -0.368 e. The van der Waals surface area contributed by atoms with Gasteiger partial charge in [0.05, 0.1) is 12.2 Å². The van der Waals surface area contributed by atoms with Crippen molar-refractivity contribution in [3.05, 3.63) is 59.9 Å². The molecule has 24 heavy (non-hydrogen) atoms. The highest BCUT2D eigenvalue weighted by Gasteiger charge is 2.21. The van der Waals surface area contributed by atoms with Crippen LogP contribution in [0.4, 0.5) is 19.3 Å². The van der Waals surface area contributed by atoms with Gasteiger partial charge in [0.1, 0.15) is 0 Å². The van der Waals surface area contributed by atoms with Gasteiger partial charge in [-0.2, -0.15) is 0 Å². The van der Waals surface area contributed by atoms with E-state index < -0.39 is 11.6 Å². The zero-order valence-electron chi connectivity index (χ0n) is 13.1. The molecule has 1 aliphatic heterocycles. The van der Waals surface area contributed by atoms with Crippen molar-refractivity contribution in [3.8, 4) is 0 Å². The Balaban J connectivity index is 1.51. The standard InChI is InChI=1S/C17H18F2N4O/c18-15-5-4-14(11-16(15)19)22-7-9-23(10-8-22)17(24)21-12-13-3-1-2-6-20-13/h1-6,11H,7-10,12H2,(H,21,24). The van der Waals surface area contributed by atoms with E-state index in [9.17, 15) is 13.6 Å². The fourth-order valence-corrected chi connectivity index (χ4v) is 2.63. The van der Waals surface area contributed by atoms with Crippen molar-refractivity contribution < 1.29 is 13.6 Å². The average molecular weight is 332 g/mol. The molecule has 0 atom stereocenters. The van der Waals surface area contributed by atoms with Crippen LogP contribution in [-0.2, 0) is 6.54 Å². The van der Waals surface area contributed by atoms with Crippen LogP contribution >= 0.6 is 0 Å². The van der Waals surface area contributed by atoms with Crippen molar-refractivity contribution in [3.63, 3.8) is 0 Å². The third-order valence-corrected chi connectivity index (χ3v) is 3.98. The molecule has 2 heterocycles. The van der Waals surface area contributed by atoms with Gasteiger partial charge in [0.25, 0.3) is 0 Å². The van der Waals surface area contributed by atoms with Crippen LogP contribution in [0.15, 0.2) is 42.6 Å². The molecule has 2 amide bonds. The Bertz CT molecular complexity index is 703. The molecule has 3 rings (SSSR count). The lowest BCUT2D eigenvalue weighted by Crippen LogP contribution is -2.51. The second kappa shape index (κ2) is 7.25. The summed E-state index contributed by atoms with van der Waals surface area (Å²) in [5, 5.41) is 2.84. The minimum atomic E-state index is -0.858. The maximum atomic E-state index is 13.3. The van der Waals surface area contributed by atoms with Crippen LogP contribution in [0, 0.1) is 11.6 Å². The molecule has 0 spiro atoms. The highest BCUT2D eigenvalue weighted by Crippen LogP contribution is 2.19. The second-order valence-corrected chi connectivity index (χ2v) is 5.55. The zero-order chi connectivity index (χ0) is 16.9. The number of hydrogen-bond donors (Lipinski definition) is 1. The number of hydrogen-bond acceptors (Lipinski definition) is 3. The number of amides is 2. The highest BCUT2D eigenvalue weighted by molar-refractivity contribution is 5.74. The average Bonchev–Trinajstić information content (AvgIpc) is 2.63. The molecule has 0 aliphatic carbocycles. The molecular formula is C17H18F2N4O. The molecule has 7 heteroatoms. The van der Waals surface area contributed by atoms with Crippen LogP contribution in [0.2, 0.25) is 0 Å². The van der Waals surface area contributed by atoms with Gasteiger partial charge >= 0.3 is 6.03 Å². The summed E-state index contributed by atoms with van der Waals surface area (Å²) in [5.74, 6) is -1.71. The number of carbonyl (C=O) groups excluding carboxylic acids is 1. The smallest absolute Gasteiger partial charge is 0.317 e. The van der Waals surface area contributed by atoms with Gasteiger partial charge in [0, 0.05) is 44.1 Å². The third-order valence-electron chi connectivity index (χ3n) is 3.98. The molecule has 2 aromatic rings. The van der Waals surface area contributed by atoms with E-state index in [1.54, 1.807) is 17.2 Å². The zero-order valence-corrected chi connectivity index (χ0v) is 13.1. The van der Waals surface area contributed by atoms with Crippen molar-refractivity contribution in [1.82, 2.24) is 15.2 Å². The Morgan fingerprint density at radius 1 is 1.08 bits per heavy atom. The summed E-state index contributed by atoms with van der Waals surface area (Å²) in [4.78, 5) is 20.0. The molecule has 126 valence electrons. The predicted octanol–water partition coefficient (Wildman–Crippen LogP) is 2.39. The number of nitrogens with one attached hydrogen (secondary N) is 1. The predicted molar refractivity (Wildman–Crippen MR) is 86.6 cm³/mol. The van der Waals surface area contributed by atoms with Crippen LogP contribution in [0.5, 0.6) is 0 Å². The first kappa shape index (κ1) is 16.2. The van der Waals surface area contributed by atoms with Crippen molar-refractivity contribution in [2.75, 3.05) is 31.1 Å². The topological polar surface area (TPSA) is 48.5 Å². The number of carbonyl (C=O) groups is 1. The fourth-order valence-electron chi connectivity index (χ4n) is 2.63. The number of pyridine rings is 1. The number of rotatable bonds is 3. The summed E-state index contributed by atoms with van der Waals surface area (Å²) in [6.45, 7) is 2.56. The maximum Gasteiger partial charge on any atom is 0.317 e. The number of anilines is 1. The summed E-state index contributed by atoms with van der Waals surface area (Å²) in [6.07, 6.45) is 1.68. The van der Waals surface area contributed by atoms with E-state index in [0.717, 1.165) is 11.8 Å². The number of piperazine rings is 1. The second-order valence-electron chi connectivity index (χ2n) is 5.55. The molecule has 0 unspecified atom stereocenters. The van der Waals surface area contributed by atoms with Gasteiger partial charge in [-0.1, -0.05) is 6.07 Å². The van der Waals surface area contributed by atoms with E-state index in [2.05, 4.69) is 10.3 Å². The summed E-state index contributed by atoms with van der Waals surface area (Å²) >= 11 is 0. The van der Waals surface area contributed by atoms with E-state index >= 15 is 0 Å². The minimum absolute atomic E-state index is 0.148. The molecule has 1 aromatic heterocycles. The molecule has 1 N–H and O–H groups in total.